The summed E-state index contributed by atoms with van der Waals surface area (Å²) in [6.07, 6.45) is 5.26. The Hall–Kier alpha value is -4.08. The number of hydrogen-bond donors (Lipinski definition) is 0. The highest BCUT2D eigenvalue weighted by molar-refractivity contribution is 7.07. The van der Waals surface area contributed by atoms with E-state index in [0.717, 1.165) is 29.7 Å². The Morgan fingerprint density at radius 1 is 1.06 bits per heavy atom. The summed E-state index contributed by atoms with van der Waals surface area (Å²) in [5, 5.41) is 9.97. The maximum absolute atomic E-state index is 13.4. The molecule has 2 aromatic heterocycles. The van der Waals surface area contributed by atoms with E-state index in [1.165, 1.54) is 4.57 Å². The fourth-order valence-electron chi connectivity index (χ4n) is 3.51. The molecule has 0 aliphatic carbocycles. The number of nitrogens with zero attached hydrogens (tertiary/aromatic N) is 3. The van der Waals surface area contributed by atoms with Gasteiger partial charge in [0.05, 0.1) is 15.9 Å². The zero-order valence-electron chi connectivity index (χ0n) is 18.1. The molecule has 162 valence electrons. The van der Waals surface area contributed by atoms with Crippen LogP contribution in [0, 0.1) is 11.3 Å². The Labute approximate surface area is 195 Å². The van der Waals surface area contributed by atoms with Crippen molar-refractivity contribution in [2.45, 2.75) is 19.8 Å². The molecule has 0 spiro atoms. The second kappa shape index (κ2) is 10.0. The number of benzene rings is 2. The number of Topliss-reactive ketones (excluding diaryl/α,β-unsaturated/α-hetero) is 1. The number of pyridine rings is 1. The van der Waals surface area contributed by atoms with Crippen molar-refractivity contribution in [2.75, 3.05) is 0 Å². The van der Waals surface area contributed by atoms with Crippen molar-refractivity contribution in [3.8, 4) is 11.8 Å². The van der Waals surface area contributed by atoms with Gasteiger partial charge in [-0.15, -0.1) is 11.3 Å². The molecule has 0 saturated heterocycles. The summed E-state index contributed by atoms with van der Waals surface area (Å²) in [5.41, 5.74) is 2.40. The van der Waals surface area contributed by atoms with Gasteiger partial charge in [0, 0.05) is 11.8 Å². The molecule has 0 aliphatic rings. The van der Waals surface area contributed by atoms with Crippen LogP contribution in [-0.2, 0) is 6.42 Å². The normalized spacial score (nSPS) is 12.3. The average molecular weight is 452 g/mol. The second-order valence-electron chi connectivity index (χ2n) is 7.41. The lowest BCUT2D eigenvalue weighted by Gasteiger charge is -2.04. The van der Waals surface area contributed by atoms with Crippen molar-refractivity contribution < 1.29 is 4.79 Å². The standard InChI is InChI=1S/C27H21N3O2S/c1-2-8-19-12-14-20(15-13-19)25(31)23(18-28)27-30(22-10-4-3-5-11-22)26(32)24(33-27)17-21-9-6-7-16-29-21/h3-7,9-17H,2,8H2,1H3/b24-17+,27-23-. The lowest BCUT2D eigenvalue weighted by molar-refractivity contribution is 0.105. The van der Waals surface area contributed by atoms with E-state index in [1.807, 2.05) is 36.4 Å². The number of aryl methyl sites for hydroxylation is 1. The Morgan fingerprint density at radius 2 is 1.79 bits per heavy atom. The molecule has 6 heteroatoms. The Morgan fingerprint density at radius 3 is 2.42 bits per heavy atom. The monoisotopic (exact) mass is 451 g/mol. The highest BCUT2D eigenvalue weighted by Crippen LogP contribution is 2.12. The summed E-state index contributed by atoms with van der Waals surface area (Å²) >= 11 is 1.12. The zero-order chi connectivity index (χ0) is 23.2. The summed E-state index contributed by atoms with van der Waals surface area (Å²) in [5.74, 6) is -0.407. The summed E-state index contributed by atoms with van der Waals surface area (Å²) in [7, 11) is 0. The lowest BCUT2D eigenvalue weighted by atomic mass is 10.0. The molecule has 0 bridgehead atoms. The van der Waals surface area contributed by atoms with E-state index in [2.05, 4.69) is 18.0 Å². The van der Waals surface area contributed by atoms with Gasteiger partial charge in [0.2, 0.25) is 5.78 Å². The SMILES string of the molecule is CCCc1ccc(C(=O)/C(C#N)=c2\s/c(=C/c3ccccn3)c(=O)n2-c2ccccc2)cc1. The van der Waals surface area contributed by atoms with Crippen LogP contribution in [0.5, 0.6) is 0 Å². The van der Waals surface area contributed by atoms with Gasteiger partial charge in [0.1, 0.15) is 16.3 Å². The number of carbonyl (C=O) groups is 1. The molecule has 0 aliphatic heterocycles. The van der Waals surface area contributed by atoms with Crippen LogP contribution in [0.4, 0.5) is 0 Å². The predicted octanol–water partition coefficient (Wildman–Crippen LogP) is 3.63. The molecule has 0 unspecified atom stereocenters. The van der Waals surface area contributed by atoms with Crippen molar-refractivity contribution in [1.29, 1.82) is 5.26 Å². The van der Waals surface area contributed by atoms with Crippen molar-refractivity contribution >= 4 is 28.8 Å². The van der Waals surface area contributed by atoms with Crippen LogP contribution >= 0.6 is 11.3 Å². The minimum Gasteiger partial charge on any atom is -0.288 e. The zero-order valence-corrected chi connectivity index (χ0v) is 18.9. The highest BCUT2D eigenvalue weighted by atomic mass is 32.1. The fraction of sp³-hybridized carbons (Fsp3) is 0.111. The topological polar surface area (TPSA) is 75.8 Å². The predicted molar refractivity (Wildman–Crippen MR) is 131 cm³/mol. The van der Waals surface area contributed by atoms with Crippen molar-refractivity contribution in [3.05, 3.63) is 115 Å². The van der Waals surface area contributed by atoms with Gasteiger partial charge in [-0.1, -0.05) is 61.9 Å². The first-order valence-electron chi connectivity index (χ1n) is 10.6. The third-order valence-corrected chi connectivity index (χ3v) is 6.20. The van der Waals surface area contributed by atoms with Crippen molar-refractivity contribution in [1.82, 2.24) is 9.55 Å². The molecule has 2 aromatic carbocycles. The molecule has 0 fully saturated rings. The van der Waals surface area contributed by atoms with Crippen LogP contribution in [0.15, 0.2) is 83.8 Å². The van der Waals surface area contributed by atoms with Gasteiger partial charge in [0.15, 0.2) is 0 Å². The first-order chi connectivity index (χ1) is 16.1. The maximum atomic E-state index is 13.4. The van der Waals surface area contributed by atoms with Gasteiger partial charge < -0.3 is 0 Å². The number of rotatable bonds is 6. The van der Waals surface area contributed by atoms with Crippen molar-refractivity contribution in [3.63, 3.8) is 0 Å². The molecule has 0 atom stereocenters. The average Bonchev–Trinajstić information content (AvgIpc) is 3.16. The highest BCUT2D eigenvalue weighted by Gasteiger charge is 2.18. The minimum absolute atomic E-state index is 0.0649. The quantitative estimate of drug-likeness (QED) is 0.420. The molecular weight excluding hydrogens is 430 g/mol. The number of para-hydroxylation sites is 1. The molecule has 4 rings (SSSR count). The van der Waals surface area contributed by atoms with Gasteiger partial charge in [-0.2, -0.15) is 5.26 Å². The second-order valence-corrected chi connectivity index (χ2v) is 8.44. The van der Waals surface area contributed by atoms with E-state index in [4.69, 9.17) is 0 Å². The van der Waals surface area contributed by atoms with E-state index in [1.54, 1.807) is 48.7 Å². The van der Waals surface area contributed by atoms with E-state index < -0.39 is 5.78 Å². The molecule has 0 amide bonds. The number of carbonyl (C=O) groups excluding carboxylic acids is 1. The van der Waals surface area contributed by atoms with Crippen LogP contribution < -0.4 is 14.8 Å². The molecule has 33 heavy (non-hydrogen) atoms. The lowest BCUT2D eigenvalue weighted by Crippen LogP contribution is -2.31. The molecule has 4 aromatic rings. The van der Waals surface area contributed by atoms with Gasteiger partial charge in [-0.3, -0.25) is 19.1 Å². The first kappa shape index (κ1) is 22.1. The number of nitriles is 1. The molecule has 2 heterocycles. The minimum atomic E-state index is -0.407. The molecule has 0 N–H and O–H groups in total. The van der Waals surface area contributed by atoms with Crippen molar-refractivity contribution in [2.24, 2.45) is 0 Å². The van der Waals surface area contributed by atoms with Gasteiger partial charge >= 0.3 is 0 Å². The fourth-order valence-corrected chi connectivity index (χ4v) is 4.60. The van der Waals surface area contributed by atoms with E-state index in [-0.39, 0.29) is 11.1 Å². The van der Waals surface area contributed by atoms with Gasteiger partial charge in [0.25, 0.3) is 5.56 Å². The Bertz CT molecular complexity index is 1490. The van der Waals surface area contributed by atoms with E-state index in [0.29, 0.717) is 26.1 Å². The van der Waals surface area contributed by atoms with E-state index >= 15 is 0 Å². The number of hydrogen-bond acceptors (Lipinski definition) is 5. The molecule has 5 nitrogen and oxygen atoms in total. The largest absolute Gasteiger partial charge is 0.288 e. The summed E-state index contributed by atoms with van der Waals surface area (Å²) in [6, 6.07) is 23.8. The molecular formula is C27H21N3O2S. The number of thiazole rings is 1. The van der Waals surface area contributed by atoms with Crippen LogP contribution in [0.1, 0.15) is 35.0 Å². The maximum Gasteiger partial charge on any atom is 0.273 e. The van der Waals surface area contributed by atoms with Crippen LogP contribution in [0.25, 0.3) is 17.3 Å². The summed E-state index contributed by atoms with van der Waals surface area (Å²) in [4.78, 5) is 31.0. The molecule has 0 saturated carbocycles. The number of ketones is 1. The van der Waals surface area contributed by atoms with Crippen LogP contribution in [-0.4, -0.2) is 15.3 Å². The number of aromatic nitrogens is 2. The van der Waals surface area contributed by atoms with E-state index in [9.17, 15) is 14.9 Å². The smallest absolute Gasteiger partial charge is 0.273 e. The molecule has 0 radical (unpaired) electrons. The van der Waals surface area contributed by atoms with Gasteiger partial charge in [-0.05, 0) is 42.3 Å². The Balaban J connectivity index is 1.96. The summed E-state index contributed by atoms with van der Waals surface area (Å²) < 4.78 is 2.13. The van der Waals surface area contributed by atoms with Gasteiger partial charge in [-0.25, -0.2) is 0 Å². The third-order valence-electron chi connectivity index (χ3n) is 5.11. The summed E-state index contributed by atoms with van der Waals surface area (Å²) in [6.45, 7) is 2.10. The van der Waals surface area contributed by atoms with Crippen LogP contribution in [0.3, 0.4) is 0 Å². The first-order valence-corrected chi connectivity index (χ1v) is 11.4. The third kappa shape index (κ3) is 4.74. The Kier molecular flexibility index (Phi) is 6.72. The van der Waals surface area contributed by atoms with Crippen LogP contribution in [0.2, 0.25) is 0 Å².